The van der Waals surface area contributed by atoms with Gasteiger partial charge in [0.1, 0.15) is 17.2 Å². The number of nitrogens with one attached hydrogen (secondary N) is 3. The minimum atomic E-state index is -4.47. The lowest BCUT2D eigenvalue weighted by Crippen LogP contribution is -2.46. The molecule has 42 heavy (non-hydrogen) atoms. The molecule has 1 saturated heterocycles. The normalized spacial score (nSPS) is 17.6. The van der Waals surface area contributed by atoms with E-state index < -0.39 is 31.4 Å². The number of anilines is 1. The lowest BCUT2D eigenvalue weighted by Gasteiger charge is -2.33. The van der Waals surface area contributed by atoms with Gasteiger partial charge in [-0.3, -0.25) is 24.9 Å². The Hall–Kier alpha value is -4.53. The monoisotopic (exact) mass is 592 g/mol. The van der Waals surface area contributed by atoms with Gasteiger partial charge in [-0.05, 0) is 49.2 Å². The molecule has 1 aliphatic heterocycles. The number of aromatic amines is 1. The fourth-order valence-corrected chi connectivity index (χ4v) is 5.95. The van der Waals surface area contributed by atoms with Crippen molar-refractivity contribution in [1.29, 1.82) is 0 Å². The number of hydrogen-bond donors (Lipinski definition) is 3. The molecule has 2 heterocycles. The highest BCUT2D eigenvalue weighted by atomic mass is 32.2. The zero-order chi connectivity index (χ0) is 29.3. The molecule has 0 bridgehead atoms. The van der Waals surface area contributed by atoms with Crippen LogP contribution in [0, 0.1) is 10.1 Å². The molecule has 2 aliphatic rings. The van der Waals surface area contributed by atoms with Crippen molar-refractivity contribution in [2.75, 3.05) is 31.6 Å². The smallest absolute Gasteiger partial charge is 0.293 e. The number of morpholine rings is 1. The van der Waals surface area contributed by atoms with Crippen molar-refractivity contribution < 1.29 is 27.6 Å². The van der Waals surface area contributed by atoms with Gasteiger partial charge in [-0.2, -0.15) is 5.10 Å². The second-order valence-electron chi connectivity index (χ2n) is 10.2. The van der Waals surface area contributed by atoms with Gasteiger partial charge in [0, 0.05) is 31.7 Å². The minimum absolute atomic E-state index is 0.0397. The number of rotatable bonds is 10. The standard InChI is InChI=1S/C28H28N6O7S/c35-28(21-4-1-2-6-26(21)41-27-7-3-5-23-22(27)16-30-31-23)32-42(38,39)20-10-11-24(25(14-20)34(36)37)29-15-19-17-33(12-13-40-19)18-8-9-18/h1-7,10-11,14,16,18-19,29H,8-9,12-13,15,17H2,(H,30,31)(H,32,35)/t19-/m0/s1. The summed E-state index contributed by atoms with van der Waals surface area (Å²) in [6.07, 6.45) is 3.79. The Balaban J connectivity index is 1.17. The van der Waals surface area contributed by atoms with Gasteiger partial charge in [0.2, 0.25) is 0 Å². The summed E-state index contributed by atoms with van der Waals surface area (Å²) in [7, 11) is -4.47. The van der Waals surface area contributed by atoms with Gasteiger partial charge >= 0.3 is 0 Å². The Kier molecular flexibility index (Phi) is 7.49. The van der Waals surface area contributed by atoms with Crippen molar-refractivity contribution in [3.05, 3.63) is 82.5 Å². The number of ether oxygens (including phenoxy) is 2. The van der Waals surface area contributed by atoms with E-state index in [2.05, 4.69) is 20.4 Å². The van der Waals surface area contributed by atoms with Crippen LogP contribution >= 0.6 is 0 Å². The van der Waals surface area contributed by atoms with E-state index in [0.29, 0.717) is 30.3 Å². The van der Waals surface area contributed by atoms with E-state index in [1.165, 1.54) is 37.1 Å². The van der Waals surface area contributed by atoms with E-state index in [9.17, 15) is 23.3 Å². The molecular formula is C28H28N6O7S. The van der Waals surface area contributed by atoms with Crippen LogP contribution in [0.15, 0.2) is 71.8 Å². The number of nitrogens with zero attached hydrogens (tertiary/aromatic N) is 3. The topological polar surface area (TPSA) is 169 Å². The molecular weight excluding hydrogens is 564 g/mol. The number of carbonyl (C=O) groups excluding carboxylic acids is 1. The lowest BCUT2D eigenvalue weighted by molar-refractivity contribution is -0.384. The summed E-state index contributed by atoms with van der Waals surface area (Å²) < 4.78 is 40.1. The van der Waals surface area contributed by atoms with Crippen LogP contribution in [-0.2, 0) is 14.8 Å². The summed E-state index contributed by atoms with van der Waals surface area (Å²) in [5.41, 5.74) is 0.409. The number of sulfonamides is 1. The van der Waals surface area contributed by atoms with Crippen molar-refractivity contribution in [3.8, 4) is 11.5 Å². The Morgan fingerprint density at radius 3 is 2.76 bits per heavy atom. The summed E-state index contributed by atoms with van der Waals surface area (Å²) in [4.78, 5) is 26.3. The highest BCUT2D eigenvalue weighted by molar-refractivity contribution is 7.90. The molecule has 4 aromatic rings. The Morgan fingerprint density at radius 2 is 1.95 bits per heavy atom. The van der Waals surface area contributed by atoms with Crippen molar-refractivity contribution >= 4 is 38.2 Å². The largest absolute Gasteiger partial charge is 0.456 e. The number of fused-ring (bicyclic) bond motifs is 1. The van der Waals surface area contributed by atoms with Gasteiger partial charge in [-0.1, -0.05) is 18.2 Å². The molecule has 0 unspecified atom stereocenters. The van der Waals surface area contributed by atoms with Gasteiger partial charge in [0.15, 0.2) is 0 Å². The van der Waals surface area contributed by atoms with Crippen molar-refractivity contribution in [1.82, 2.24) is 19.8 Å². The summed E-state index contributed by atoms with van der Waals surface area (Å²) in [6.45, 7) is 2.52. The molecule has 2 fully saturated rings. The average molecular weight is 593 g/mol. The Morgan fingerprint density at radius 1 is 1.14 bits per heavy atom. The van der Waals surface area contributed by atoms with Crippen LogP contribution in [0.25, 0.3) is 10.9 Å². The highest BCUT2D eigenvalue weighted by Crippen LogP contribution is 2.32. The zero-order valence-electron chi connectivity index (χ0n) is 22.4. The lowest BCUT2D eigenvalue weighted by atomic mass is 10.2. The van der Waals surface area contributed by atoms with E-state index in [1.807, 2.05) is 10.8 Å². The second-order valence-corrected chi connectivity index (χ2v) is 11.8. The van der Waals surface area contributed by atoms with Crippen molar-refractivity contribution in [2.45, 2.75) is 29.9 Å². The number of benzene rings is 3. The minimum Gasteiger partial charge on any atom is -0.456 e. The van der Waals surface area contributed by atoms with Crippen LogP contribution in [0.3, 0.4) is 0 Å². The molecule has 6 rings (SSSR count). The van der Waals surface area contributed by atoms with Crippen LogP contribution in [0.5, 0.6) is 11.5 Å². The first-order valence-electron chi connectivity index (χ1n) is 13.4. The average Bonchev–Trinajstić information content (AvgIpc) is 3.73. The molecule has 14 heteroatoms. The van der Waals surface area contributed by atoms with Crippen LogP contribution in [0.1, 0.15) is 23.2 Å². The number of amides is 1. The van der Waals surface area contributed by atoms with Crippen LogP contribution in [0.2, 0.25) is 0 Å². The van der Waals surface area contributed by atoms with Crippen LogP contribution < -0.4 is 14.8 Å². The van der Waals surface area contributed by atoms with E-state index in [4.69, 9.17) is 9.47 Å². The first-order valence-corrected chi connectivity index (χ1v) is 14.9. The molecule has 0 radical (unpaired) electrons. The molecule has 1 aromatic heterocycles. The molecule has 1 aliphatic carbocycles. The van der Waals surface area contributed by atoms with Gasteiger partial charge in [-0.25, -0.2) is 13.1 Å². The number of hydrogen-bond acceptors (Lipinski definition) is 10. The maximum Gasteiger partial charge on any atom is 0.293 e. The van der Waals surface area contributed by atoms with Crippen LogP contribution in [-0.4, -0.2) is 72.7 Å². The summed E-state index contributed by atoms with van der Waals surface area (Å²) in [5.74, 6) is -0.416. The van der Waals surface area contributed by atoms with E-state index in [1.54, 1.807) is 30.5 Å². The third-order valence-electron chi connectivity index (χ3n) is 7.25. The Bertz CT molecular complexity index is 1750. The highest BCUT2D eigenvalue weighted by Gasteiger charge is 2.33. The molecule has 1 saturated carbocycles. The third-order valence-corrected chi connectivity index (χ3v) is 8.58. The van der Waals surface area contributed by atoms with Crippen molar-refractivity contribution in [2.24, 2.45) is 0 Å². The molecule has 3 N–H and O–H groups in total. The number of aromatic nitrogens is 2. The number of carbonyl (C=O) groups is 1. The van der Waals surface area contributed by atoms with Gasteiger partial charge in [0.25, 0.3) is 21.6 Å². The number of H-pyrrole nitrogens is 1. The predicted molar refractivity (Wildman–Crippen MR) is 153 cm³/mol. The van der Waals surface area contributed by atoms with E-state index >= 15 is 0 Å². The number of para-hydroxylation sites is 1. The number of nitro benzene ring substituents is 1. The quantitative estimate of drug-likeness (QED) is 0.182. The molecule has 3 aromatic carbocycles. The summed E-state index contributed by atoms with van der Waals surface area (Å²) in [6, 6.07) is 15.5. The maximum absolute atomic E-state index is 13.2. The fourth-order valence-electron chi connectivity index (χ4n) is 4.97. The molecule has 13 nitrogen and oxygen atoms in total. The van der Waals surface area contributed by atoms with E-state index in [0.717, 1.165) is 24.7 Å². The first-order chi connectivity index (χ1) is 20.3. The third kappa shape index (κ3) is 5.91. The fraction of sp³-hybridized carbons (Fsp3) is 0.286. The maximum atomic E-state index is 13.2. The second kappa shape index (κ2) is 11.4. The number of nitro groups is 1. The first kappa shape index (κ1) is 27.6. The van der Waals surface area contributed by atoms with Crippen molar-refractivity contribution in [3.63, 3.8) is 0 Å². The van der Waals surface area contributed by atoms with E-state index in [-0.39, 0.29) is 23.1 Å². The molecule has 1 amide bonds. The summed E-state index contributed by atoms with van der Waals surface area (Å²) >= 11 is 0. The van der Waals surface area contributed by atoms with Gasteiger partial charge in [-0.15, -0.1) is 0 Å². The summed E-state index contributed by atoms with van der Waals surface area (Å²) in [5, 5.41) is 22.4. The Labute approximate surface area is 241 Å². The van der Waals surface area contributed by atoms with Crippen LogP contribution in [0.4, 0.5) is 11.4 Å². The van der Waals surface area contributed by atoms with Gasteiger partial charge < -0.3 is 14.8 Å². The molecule has 0 spiro atoms. The van der Waals surface area contributed by atoms with Gasteiger partial charge in [0.05, 0.1) is 45.2 Å². The SMILES string of the molecule is O=C(NS(=O)(=O)c1ccc(NC[C@H]2CN(C3CC3)CCO2)c([N+](=O)[O-])c1)c1ccccc1Oc1cccc2[nH]ncc12. The molecule has 1 atom stereocenters. The predicted octanol–water partition coefficient (Wildman–Crippen LogP) is 3.66. The zero-order valence-corrected chi connectivity index (χ0v) is 23.2. The molecule has 218 valence electrons.